The van der Waals surface area contributed by atoms with Crippen molar-refractivity contribution >= 4 is 51.5 Å². The number of furan rings is 1. The van der Waals surface area contributed by atoms with Gasteiger partial charge in [0, 0.05) is 16.1 Å². The Bertz CT molecular complexity index is 1520. The molecule has 0 fully saturated rings. The third-order valence-corrected chi connectivity index (χ3v) is 6.60. The molecule has 1 amide bonds. The van der Waals surface area contributed by atoms with Gasteiger partial charge in [0.15, 0.2) is 11.5 Å². The minimum Gasteiger partial charge on any atom is -0.506 e. The van der Waals surface area contributed by atoms with Crippen LogP contribution in [0.5, 0.6) is 5.75 Å². The number of ketones is 1. The number of aromatic hydroxyl groups is 1. The quantitative estimate of drug-likeness (QED) is 0.290. The van der Waals surface area contributed by atoms with Gasteiger partial charge in [-0.05, 0) is 66.1 Å². The Morgan fingerprint density at radius 3 is 2.43 bits per heavy atom. The van der Waals surface area contributed by atoms with Gasteiger partial charge < -0.3 is 14.6 Å². The fourth-order valence-electron chi connectivity index (χ4n) is 4.26. The molecule has 2 N–H and O–H groups in total. The molecule has 6 nitrogen and oxygen atoms in total. The number of phenols is 1. The highest BCUT2D eigenvalue weighted by Crippen LogP contribution is 2.43. The second-order valence-corrected chi connectivity index (χ2v) is 9.04. The molecule has 35 heavy (non-hydrogen) atoms. The molecule has 0 aliphatic carbocycles. The second kappa shape index (κ2) is 8.80. The van der Waals surface area contributed by atoms with Crippen LogP contribution in [-0.2, 0) is 11.2 Å². The molecule has 4 aromatic rings. The predicted octanol–water partition coefficient (Wildman–Crippen LogP) is 6.79. The van der Waals surface area contributed by atoms with E-state index in [0.29, 0.717) is 27.2 Å². The van der Waals surface area contributed by atoms with E-state index in [2.05, 4.69) is 0 Å². The highest BCUT2D eigenvalue weighted by atomic mass is 35.5. The molecule has 1 aliphatic heterocycles. The van der Waals surface area contributed by atoms with E-state index in [0.717, 1.165) is 12.0 Å². The van der Waals surface area contributed by atoms with Gasteiger partial charge in [-0.2, -0.15) is 0 Å². The molecule has 3 aromatic carbocycles. The standard InChI is InChI=1S/C27H19Cl2NO5/c1-2-14-3-7-18(8-4-14)30-24(15-5-9-20(31)19(29)12-15)23(26(33)27(30)34)25(32)22-13-16-11-17(28)6-10-21(16)35-22/h3-13,24,31,33H,2H2,1H3. The number of Topliss-reactive ketones (excluding diaryl/α,β-unsaturated/α-hetero) is 1. The fraction of sp³-hybridized carbons (Fsp3) is 0.111. The second-order valence-electron chi connectivity index (χ2n) is 8.19. The summed E-state index contributed by atoms with van der Waals surface area (Å²) in [5, 5.41) is 22.0. The van der Waals surface area contributed by atoms with Crippen LogP contribution in [0.15, 0.2) is 82.5 Å². The normalized spacial score (nSPS) is 15.9. The van der Waals surface area contributed by atoms with Crippen molar-refractivity contribution in [1.82, 2.24) is 0 Å². The molecule has 0 bridgehead atoms. The molecule has 0 saturated heterocycles. The van der Waals surface area contributed by atoms with Crippen molar-refractivity contribution < 1.29 is 24.2 Å². The van der Waals surface area contributed by atoms with Crippen LogP contribution in [0.4, 0.5) is 5.69 Å². The van der Waals surface area contributed by atoms with E-state index >= 15 is 0 Å². The first-order valence-electron chi connectivity index (χ1n) is 10.9. The summed E-state index contributed by atoms with van der Waals surface area (Å²) in [5.41, 5.74) is 2.29. The highest BCUT2D eigenvalue weighted by Gasteiger charge is 2.45. The SMILES string of the molecule is CCc1ccc(N2C(=O)C(O)=C(C(=O)c3cc4cc(Cl)ccc4o3)C2c2ccc(O)c(Cl)c2)cc1. The third kappa shape index (κ3) is 3.95. The first kappa shape index (κ1) is 23.0. The predicted molar refractivity (Wildman–Crippen MR) is 134 cm³/mol. The minimum absolute atomic E-state index is 0.0466. The maximum Gasteiger partial charge on any atom is 0.294 e. The lowest BCUT2D eigenvalue weighted by atomic mass is 9.94. The monoisotopic (exact) mass is 507 g/mol. The number of fused-ring (bicyclic) bond motifs is 1. The van der Waals surface area contributed by atoms with Gasteiger partial charge in [-0.25, -0.2) is 0 Å². The Balaban J connectivity index is 1.66. The Morgan fingerprint density at radius 1 is 1.00 bits per heavy atom. The molecular weight excluding hydrogens is 489 g/mol. The number of carbonyl (C=O) groups excluding carboxylic acids is 2. The summed E-state index contributed by atoms with van der Waals surface area (Å²) in [6.07, 6.45) is 0.814. The van der Waals surface area contributed by atoms with Gasteiger partial charge >= 0.3 is 0 Å². The lowest BCUT2D eigenvalue weighted by Gasteiger charge is -2.27. The van der Waals surface area contributed by atoms with Crippen LogP contribution < -0.4 is 4.90 Å². The van der Waals surface area contributed by atoms with Crippen molar-refractivity contribution in [2.45, 2.75) is 19.4 Å². The molecular formula is C27H19Cl2NO5. The molecule has 0 saturated carbocycles. The van der Waals surface area contributed by atoms with E-state index in [9.17, 15) is 19.8 Å². The Labute approximate surface area is 210 Å². The number of phenolic OH excluding ortho intramolecular Hbond substituents is 1. The van der Waals surface area contributed by atoms with Crippen LogP contribution in [0.3, 0.4) is 0 Å². The number of nitrogens with zero attached hydrogens (tertiary/aromatic N) is 1. The summed E-state index contributed by atoms with van der Waals surface area (Å²) < 4.78 is 5.73. The van der Waals surface area contributed by atoms with Crippen molar-refractivity contribution in [2.24, 2.45) is 0 Å². The number of rotatable bonds is 5. The van der Waals surface area contributed by atoms with E-state index in [-0.39, 0.29) is 22.1 Å². The van der Waals surface area contributed by atoms with Crippen molar-refractivity contribution in [1.29, 1.82) is 0 Å². The zero-order valence-electron chi connectivity index (χ0n) is 18.5. The molecule has 0 radical (unpaired) electrons. The van der Waals surface area contributed by atoms with Gasteiger partial charge in [0.2, 0.25) is 5.78 Å². The van der Waals surface area contributed by atoms with Gasteiger partial charge in [-0.3, -0.25) is 14.5 Å². The number of halogens is 2. The molecule has 8 heteroatoms. The van der Waals surface area contributed by atoms with Gasteiger partial charge in [0.05, 0.1) is 16.6 Å². The molecule has 2 heterocycles. The number of amides is 1. The topological polar surface area (TPSA) is 91.0 Å². The van der Waals surface area contributed by atoms with Gasteiger partial charge in [0.25, 0.3) is 5.91 Å². The van der Waals surface area contributed by atoms with Gasteiger partial charge in [0.1, 0.15) is 11.3 Å². The molecule has 1 unspecified atom stereocenters. The van der Waals surface area contributed by atoms with Gasteiger partial charge in [-0.15, -0.1) is 0 Å². The van der Waals surface area contributed by atoms with Crippen molar-refractivity contribution in [3.63, 3.8) is 0 Å². The number of benzene rings is 3. The van der Waals surface area contributed by atoms with Crippen LogP contribution in [0.25, 0.3) is 11.0 Å². The highest BCUT2D eigenvalue weighted by molar-refractivity contribution is 6.32. The molecule has 1 aliphatic rings. The van der Waals surface area contributed by atoms with E-state index in [1.54, 1.807) is 36.4 Å². The molecule has 1 aromatic heterocycles. The summed E-state index contributed by atoms with van der Waals surface area (Å²) in [7, 11) is 0. The lowest BCUT2D eigenvalue weighted by Crippen LogP contribution is -2.31. The number of carbonyl (C=O) groups is 2. The van der Waals surface area contributed by atoms with Crippen molar-refractivity contribution in [3.8, 4) is 5.75 Å². The number of aliphatic hydroxyl groups is 1. The fourth-order valence-corrected chi connectivity index (χ4v) is 4.63. The summed E-state index contributed by atoms with van der Waals surface area (Å²) in [5.74, 6) is -2.25. The van der Waals surface area contributed by atoms with Crippen molar-refractivity contribution in [2.75, 3.05) is 4.90 Å². The van der Waals surface area contributed by atoms with Crippen LogP contribution in [0, 0.1) is 0 Å². The Kier molecular flexibility index (Phi) is 5.79. The zero-order valence-corrected chi connectivity index (χ0v) is 20.0. The van der Waals surface area contributed by atoms with E-state index in [4.69, 9.17) is 27.6 Å². The molecule has 5 rings (SSSR count). The first-order chi connectivity index (χ1) is 16.8. The maximum atomic E-state index is 13.7. The van der Waals surface area contributed by atoms with E-state index < -0.39 is 23.5 Å². The molecule has 0 spiro atoms. The number of hydrogen-bond acceptors (Lipinski definition) is 5. The molecule has 176 valence electrons. The Hall–Kier alpha value is -3.74. The smallest absolute Gasteiger partial charge is 0.294 e. The summed E-state index contributed by atoms with van der Waals surface area (Å²) in [4.78, 5) is 28.3. The number of aryl methyl sites for hydroxylation is 1. The van der Waals surface area contributed by atoms with E-state index in [1.807, 2.05) is 19.1 Å². The Morgan fingerprint density at radius 2 is 1.74 bits per heavy atom. The number of anilines is 1. The molecule has 1 atom stereocenters. The summed E-state index contributed by atoms with van der Waals surface area (Å²) in [6, 6.07) is 17.1. The van der Waals surface area contributed by atoms with Crippen molar-refractivity contribution in [3.05, 3.63) is 105 Å². The van der Waals surface area contributed by atoms with Crippen LogP contribution >= 0.6 is 23.2 Å². The summed E-state index contributed by atoms with van der Waals surface area (Å²) in [6.45, 7) is 2.02. The lowest BCUT2D eigenvalue weighted by molar-refractivity contribution is -0.117. The van der Waals surface area contributed by atoms with Gasteiger partial charge in [-0.1, -0.05) is 48.3 Å². The third-order valence-electron chi connectivity index (χ3n) is 6.07. The first-order valence-corrected chi connectivity index (χ1v) is 11.6. The summed E-state index contributed by atoms with van der Waals surface area (Å²) >= 11 is 12.2. The average Bonchev–Trinajstić information content (AvgIpc) is 3.39. The van der Waals surface area contributed by atoms with Crippen LogP contribution in [-0.4, -0.2) is 21.9 Å². The minimum atomic E-state index is -1.00. The number of hydrogen-bond donors (Lipinski definition) is 2. The van der Waals surface area contributed by atoms with Crippen LogP contribution in [0.2, 0.25) is 10.0 Å². The average molecular weight is 508 g/mol. The van der Waals surface area contributed by atoms with Crippen LogP contribution in [0.1, 0.15) is 34.6 Å². The zero-order chi connectivity index (χ0) is 24.9. The maximum absolute atomic E-state index is 13.7. The number of aliphatic hydroxyl groups excluding tert-OH is 1. The van der Waals surface area contributed by atoms with E-state index in [1.165, 1.54) is 23.1 Å². The largest absolute Gasteiger partial charge is 0.506 e.